The molecular formula is C14H17ClO. The molecule has 0 aliphatic carbocycles. The van der Waals surface area contributed by atoms with Crippen LogP contribution in [0.15, 0.2) is 18.2 Å². The van der Waals surface area contributed by atoms with Gasteiger partial charge in [-0.1, -0.05) is 18.8 Å². The first-order valence-corrected chi connectivity index (χ1v) is 6.09. The van der Waals surface area contributed by atoms with E-state index in [4.69, 9.17) is 16.3 Å². The van der Waals surface area contributed by atoms with Crippen LogP contribution in [0.3, 0.4) is 0 Å². The molecular weight excluding hydrogens is 220 g/mol. The predicted molar refractivity (Wildman–Crippen MR) is 69.2 cm³/mol. The van der Waals surface area contributed by atoms with Crippen LogP contribution in [-0.2, 0) is 0 Å². The number of aryl methyl sites for hydroxylation is 1. The van der Waals surface area contributed by atoms with Gasteiger partial charge in [-0.3, -0.25) is 0 Å². The average Bonchev–Trinajstić information content (AvgIpc) is 2.28. The van der Waals surface area contributed by atoms with Crippen LogP contribution in [0.5, 0.6) is 5.75 Å². The Morgan fingerprint density at radius 2 is 2.19 bits per heavy atom. The minimum absolute atomic E-state index is 0.587. The molecule has 86 valence electrons. The van der Waals surface area contributed by atoms with Crippen LogP contribution in [0.2, 0.25) is 0 Å². The highest BCUT2D eigenvalue weighted by Crippen LogP contribution is 2.18. The summed E-state index contributed by atoms with van der Waals surface area (Å²) in [5, 5.41) is 0. The van der Waals surface area contributed by atoms with Gasteiger partial charge >= 0.3 is 0 Å². The van der Waals surface area contributed by atoms with Gasteiger partial charge in [0.05, 0.1) is 6.61 Å². The van der Waals surface area contributed by atoms with E-state index in [1.807, 2.05) is 25.1 Å². The lowest BCUT2D eigenvalue weighted by Gasteiger charge is -2.07. The van der Waals surface area contributed by atoms with E-state index in [0.29, 0.717) is 5.88 Å². The standard InChI is InChI=1S/C14H17ClO/c1-3-10-16-14-8-7-13(11-12(14)2)6-4-5-9-15/h7-8,11H,3,5,9-10H2,1-2H3. The highest BCUT2D eigenvalue weighted by molar-refractivity contribution is 6.18. The maximum atomic E-state index is 5.60. The topological polar surface area (TPSA) is 9.23 Å². The zero-order valence-corrected chi connectivity index (χ0v) is 10.6. The maximum absolute atomic E-state index is 5.60. The largest absolute Gasteiger partial charge is 0.493 e. The second kappa shape index (κ2) is 7.19. The summed E-state index contributed by atoms with van der Waals surface area (Å²) in [7, 11) is 0. The molecule has 0 bridgehead atoms. The van der Waals surface area contributed by atoms with Crippen LogP contribution in [0.25, 0.3) is 0 Å². The molecule has 0 atom stereocenters. The number of halogens is 1. The fourth-order valence-electron chi connectivity index (χ4n) is 1.31. The molecule has 2 heteroatoms. The molecule has 1 aromatic carbocycles. The molecule has 0 heterocycles. The summed E-state index contributed by atoms with van der Waals surface area (Å²) in [6.07, 6.45) is 1.76. The summed E-state index contributed by atoms with van der Waals surface area (Å²) < 4.78 is 5.60. The lowest BCUT2D eigenvalue weighted by atomic mass is 10.1. The lowest BCUT2D eigenvalue weighted by molar-refractivity contribution is 0.315. The van der Waals surface area contributed by atoms with Crippen molar-refractivity contribution < 1.29 is 4.74 Å². The van der Waals surface area contributed by atoms with Gasteiger partial charge in [0.2, 0.25) is 0 Å². The summed E-state index contributed by atoms with van der Waals surface area (Å²) in [6.45, 7) is 4.90. The monoisotopic (exact) mass is 236 g/mol. The summed E-state index contributed by atoms with van der Waals surface area (Å²) >= 11 is 5.56. The normalized spacial score (nSPS) is 9.44. The minimum atomic E-state index is 0.587. The number of hydrogen-bond acceptors (Lipinski definition) is 1. The summed E-state index contributed by atoms with van der Waals surface area (Å²) in [5.74, 6) is 7.63. The van der Waals surface area contributed by atoms with E-state index in [-0.39, 0.29) is 0 Å². The molecule has 0 aliphatic rings. The number of rotatable bonds is 4. The Labute approximate surface area is 103 Å². The Kier molecular flexibility index (Phi) is 5.82. The fraction of sp³-hybridized carbons (Fsp3) is 0.429. The fourth-order valence-corrected chi connectivity index (χ4v) is 1.41. The van der Waals surface area contributed by atoms with E-state index >= 15 is 0 Å². The quantitative estimate of drug-likeness (QED) is 0.571. The second-order valence-corrected chi connectivity index (χ2v) is 3.95. The van der Waals surface area contributed by atoms with Crippen molar-refractivity contribution in [3.63, 3.8) is 0 Å². The van der Waals surface area contributed by atoms with Crippen LogP contribution in [0, 0.1) is 18.8 Å². The van der Waals surface area contributed by atoms with Gasteiger partial charge in [0.1, 0.15) is 5.75 Å². The van der Waals surface area contributed by atoms with Crippen LogP contribution in [-0.4, -0.2) is 12.5 Å². The first kappa shape index (κ1) is 12.9. The van der Waals surface area contributed by atoms with Gasteiger partial charge in [-0.15, -0.1) is 11.6 Å². The number of benzene rings is 1. The first-order valence-electron chi connectivity index (χ1n) is 5.56. The van der Waals surface area contributed by atoms with Crippen LogP contribution in [0.1, 0.15) is 30.9 Å². The van der Waals surface area contributed by atoms with Crippen molar-refractivity contribution in [1.82, 2.24) is 0 Å². The van der Waals surface area contributed by atoms with Gasteiger partial charge in [0.15, 0.2) is 0 Å². The molecule has 0 aromatic heterocycles. The van der Waals surface area contributed by atoms with Gasteiger partial charge < -0.3 is 4.74 Å². The predicted octanol–water partition coefficient (Wildman–Crippen LogP) is 3.76. The molecule has 1 nitrogen and oxygen atoms in total. The average molecular weight is 237 g/mol. The molecule has 0 amide bonds. The van der Waals surface area contributed by atoms with E-state index in [2.05, 4.69) is 18.8 Å². The van der Waals surface area contributed by atoms with Gasteiger partial charge in [0.25, 0.3) is 0 Å². The molecule has 16 heavy (non-hydrogen) atoms. The maximum Gasteiger partial charge on any atom is 0.122 e. The molecule has 1 aromatic rings. The smallest absolute Gasteiger partial charge is 0.122 e. The summed E-state index contributed by atoms with van der Waals surface area (Å²) in [4.78, 5) is 0. The van der Waals surface area contributed by atoms with Gasteiger partial charge in [-0.2, -0.15) is 0 Å². The van der Waals surface area contributed by atoms with E-state index in [0.717, 1.165) is 36.3 Å². The van der Waals surface area contributed by atoms with Crippen molar-refractivity contribution in [2.24, 2.45) is 0 Å². The summed E-state index contributed by atoms with van der Waals surface area (Å²) in [6, 6.07) is 6.02. The lowest BCUT2D eigenvalue weighted by Crippen LogP contribution is -1.96. The number of hydrogen-bond donors (Lipinski definition) is 0. The van der Waals surface area contributed by atoms with Crippen LogP contribution < -0.4 is 4.74 Å². The number of alkyl halides is 1. The van der Waals surface area contributed by atoms with Crippen LogP contribution in [0.4, 0.5) is 0 Å². The molecule has 0 saturated carbocycles. The molecule has 0 spiro atoms. The van der Waals surface area contributed by atoms with Crippen molar-refractivity contribution >= 4 is 11.6 Å². The Morgan fingerprint density at radius 3 is 2.81 bits per heavy atom. The van der Waals surface area contributed by atoms with Crippen molar-refractivity contribution in [1.29, 1.82) is 0 Å². The minimum Gasteiger partial charge on any atom is -0.493 e. The van der Waals surface area contributed by atoms with E-state index in [1.54, 1.807) is 0 Å². The third kappa shape index (κ3) is 4.16. The third-order valence-corrected chi connectivity index (χ3v) is 2.28. The van der Waals surface area contributed by atoms with Gasteiger partial charge in [-0.25, -0.2) is 0 Å². The molecule has 0 saturated heterocycles. The SMILES string of the molecule is CCCOc1ccc(C#CCCCl)cc1C. The zero-order valence-electron chi connectivity index (χ0n) is 9.85. The van der Waals surface area contributed by atoms with Crippen molar-refractivity contribution in [3.8, 4) is 17.6 Å². The van der Waals surface area contributed by atoms with Crippen molar-refractivity contribution in [3.05, 3.63) is 29.3 Å². The number of ether oxygens (including phenoxy) is 1. The Morgan fingerprint density at radius 1 is 1.38 bits per heavy atom. The first-order chi connectivity index (χ1) is 7.77. The molecule has 0 N–H and O–H groups in total. The highest BCUT2D eigenvalue weighted by atomic mass is 35.5. The Bertz CT molecular complexity index is 387. The molecule has 0 radical (unpaired) electrons. The zero-order chi connectivity index (χ0) is 11.8. The van der Waals surface area contributed by atoms with Gasteiger partial charge in [-0.05, 0) is 37.1 Å². The van der Waals surface area contributed by atoms with Crippen molar-refractivity contribution in [2.75, 3.05) is 12.5 Å². The molecule has 0 aliphatic heterocycles. The van der Waals surface area contributed by atoms with Gasteiger partial charge in [0, 0.05) is 17.9 Å². The van der Waals surface area contributed by atoms with E-state index < -0.39 is 0 Å². The molecule has 0 fully saturated rings. The van der Waals surface area contributed by atoms with Crippen molar-refractivity contribution in [2.45, 2.75) is 26.7 Å². The Hall–Kier alpha value is -1.13. The van der Waals surface area contributed by atoms with E-state index in [9.17, 15) is 0 Å². The van der Waals surface area contributed by atoms with E-state index in [1.165, 1.54) is 0 Å². The molecule has 0 unspecified atom stereocenters. The summed E-state index contributed by atoms with van der Waals surface area (Å²) in [5.41, 5.74) is 2.15. The highest BCUT2D eigenvalue weighted by Gasteiger charge is 1.99. The third-order valence-electron chi connectivity index (χ3n) is 2.09. The van der Waals surface area contributed by atoms with Crippen LogP contribution >= 0.6 is 11.6 Å². The molecule has 1 rings (SSSR count). The second-order valence-electron chi connectivity index (χ2n) is 3.57. The Balaban J connectivity index is 2.71.